The van der Waals surface area contributed by atoms with Crippen molar-refractivity contribution in [1.82, 2.24) is 10.0 Å². The molecule has 1 aromatic rings. The molecule has 0 bridgehead atoms. The Morgan fingerprint density at radius 3 is 2.50 bits per heavy atom. The molecule has 1 aliphatic rings. The molecule has 1 aromatic carbocycles. The minimum atomic E-state index is -3.93. The summed E-state index contributed by atoms with van der Waals surface area (Å²) in [5.41, 5.74) is 0. The van der Waals surface area contributed by atoms with Gasteiger partial charge in [-0.25, -0.2) is 17.5 Å². The number of halogens is 1. The van der Waals surface area contributed by atoms with E-state index in [2.05, 4.69) is 10.0 Å². The summed E-state index contributed by atoms with van der Waals surface area (Å²) >= 11 is 0. The molecule has 8 heteroatoms. The molecule has 112 valence electrons. The second kappa shape index (κ2) is 5.94. The van der Waals surface area contributed by atoms with Crippen molar-refractivity contribution in [2.75, 3.05) is 27.3 Å². The van der Waals surface area contributed by atoms with E-state index < -0.39 is 20.7 Å². The minimum absolute atomic E-state index is 0.145. The average Bonchev–Trinajstić information content (AvgIpc) is 2.90. The lowest BCUT2D eigenvalue weighted by molar-refractivity contribution is 0.350. The van der Waals surface area contributed by atoms with Gasteiger partial charge < -0.3 is 14.8 Å². The van der Waals surface area contributed by atoms with Gasteiger partial charge in [-0.15, -0.1) is 0 Å². The number of ether oxygens (including phenoxy) is 2. The summed E-state index contributed by atoms with van der Waals surface area (Å²) in [6, 6.07) is 1.90. The fraction of sp³-hybridized carbons (Fsp3) is 0.500. The van der Waals surface area contributed by atoms with E-state index in [9.17, 15) is 12.8 Å². The van der Waals surface area contributed by atoms with Crippen LogP contribution in [-0.4, -0.2) is 41.8 Å². The molecule has 2 rings (SSSR count). The lowest BCUT2D eigenvalue weighted by Crippen LogP contribution is -2.36. The molecular weight excluding hydrogens is 287 g/mol. The van der Waals surface area contributed by atoms with E-state index in [-0.39, 0.29) is 17.5 Å². The van der Waals surface area contributed by atoms with Gasteiger partial charge in [0, 0.05) is 24.7 Å². The molecule has 0 unspecified atom stereocenters. The zero-order valence-corrected chi connectivity index (χ0v) is 12.1. The maximum Gasteiger partial charge on any atom is 0.243 e. The number of methoxy groups -OCH3 is 2. The molecule has 6 nitrogen and oxygen atoms in total. The van der Waals surface area contributed by atoms with Crippen LogP contribution in [0.25, 0.3) is 0 Å². The minimum Gasteiger partial charge on any atom is -0.493 e. The highest BCUT2D eigenvalue weighted by atomic mass is 32.2. The standard InChI is InChI=1S/C12H17FN2O4S/c1-18-10-5-9(13)12(6-11(10)19-2)20(16,17)15-8-3-4-14-7-8/h5-6,8,14-15H,3-4,7H2,1-2H3/t8-/m1/s1. The van der Waals surface area contributed by atoms with E-state index in [0.29, 0.717) is 13.0 Å². The first-order chi connectivity index (χ1) is 9.47. The van der Waals surface area contributed by atoms with E-state index in [1.165, 1.54) is 14.2 Å². The van der Waals surface area contributed by atoms with Crippen molar-refractivity contribution >= 4 is 10.0 Å². The van der Waals surface area contributed by atoms with Crippen LogP contribution < -0.4 is 19.5 Å². The first kappa shape index (κ1) is 15.0. The van der Waals surface area contributed by atoms with Gasteiger partial charge in [0.15, 0.2) is 11.5 Å². The second-order valence-electron chi connectivity index (χ2n) is 4.45. The molecule has 0 saturated carbocycles. The van der Waals surface area contributed by atoms with Gasteiger partial charge in [-0.05, 0) is 13.0 Å². The maximum atomic E-state index is 14.0. The van der Waals surface area contributed by atoms with Crippen molar-refractivity contribution in [3.63, 3.8) is 0 Å². The molecule has 0 radical (unpaired) electrons. The van der Waals surface area contributed by atoms with Crippen molar-refractivity contribution in [2.45, 2.75) is 17.4 Å². The van der Waals surface area contributed by atoms with Crippen molar-refractivity contribution in [3.05, 3.63) is 17.9 Å². The van der Waals surface area contributed by atoms with Crippen molar-refractivity contribution in [3.8, 4) is 11.5 Å². The fourth-order valence-electron chi connectivity index (χ4n) is 2.08. The maximum absolute atomic E-state index is 14.0. The summed E-state index contributed by atoms with van der Waals surface area (Å²) < 4.78 is 50.8. The Labute approximate surface area is 117 Å². The Bertz CT molecular complexity index is 585. The SMILES string of the molecule is COc1cc(F)c(S(=O)(=O)N[C@@H]2CCNC2)cc1OC. The van der Waals surface area contributed by atoms with Gasteiger partial charge in [0.05, 0.1) is 14.2 Å². The van der Waals surface area contributed by atoms with Crippen LogP contribution in [0, 0.1) is 5.82 Å². The molecular formula is C12H17FN2O4S. The zero-order valence-electron chi connectivity index (χ0n) is 11.3. The molecule has 0 amide bonds. The molecule has 1 fully saturated rings. The first-order valence-electron chi connectivity index (χ1n) is 6.12. The molecule has 1 atom stereocenters. The van der Waals surface area contributed by atoms with Gasteiger partial charge in [-0.3, -0.25) is 0 Å². The number of benzene rings is 1. The number of nitrogens with one attached hydrogen (secondary N) is 2. The molecule has 0 aliphatic carbocycles. The normalized spacial score (nSPS) is 19.1. The Balaban J connectivity index is 2.35. The summed E-state index contributed by atoms with van der Waals surface area (Å²) in [6.07, 6.45) is 0.675. The fourth-order valence-corrected chi connectivity index (χ4v) is 3.42. The zero-order chi connectivity index (χ0) is 14.8. The van der Waals surface area contributed by atoms with Crippen molar-refractivity contribution < 1.29 is 22.3 Å². The Hall–Kier alpha value is -1.38. The third kappa shape index (κ3) is 3.02. The molecule has 1 aliphatic heterocycles. The van der Waals surface area contributed by atoms with Crippen LogP contribution in [0.2, 0.25) is 0 Å². The van der Waals surface area contributed by atoms with E-state index in [0.717, 1.165) is 18.7 Å². The quantitative estimate of drug-likeness (QED) is 0.827. The van der Waals surface area contributed by atoms with Gasteiger partial charge in [-0.1, -0.05) is 0 Å². The molecule has 20 heavy (non-hydrogen) atoms. The average molecular weight is 304 g/mol. The molecule has 1 heterocycles. The van der Waals surface area contributed by atoms with Crippen LogP contribution in [0.15, 0.2) is 17.0 Å². The summed E-state index contributed by atoms with van der Waals surface area (Å²) in [6.45, 7) is 1.27. The highest BCUT2D eigenvalue weighted by molar-refractivity contribution is 7.89. The summed E-state index contributed by atoms with van der Waals surface area (Å²) in [5.74, 6) is -0.564. The molecule has 0 aromatic heterocycles. The third-order valence-corrected chi connectivity index (χ3v) is 4.65. The van der Waals surface area contributed by atoms with Crippen LogP contribution in [0.4, 0.5) is 4.39 Å². The summed E-state index contributed by atoms with van der Waals surface area (Å²) in [7, 11) is -1.22. The van der Waals surface area contributed by atoms with Crippen LogP contribution in [0.5, 0.6) is 11.5 Å². The number of hydrogen-bond acceptors (Lipinski definition) is 5. The number of rotatable bonds is 5. The Morgan fingerprint density at radius 2 is 1.95 bits per heavy atom. The molecule has 1 saturated heterocycles. The van der Waals surface area contributed by atoms with Crippen molar-refractivity contribution in [1.29, 1.82) is 0 Å². The number of sulfonamides is 1. The van der Waals surface area contributed by atoms with Gasteiger partial charge in [-0.2, -0.15) is 0 Å². The monoisotopic (exact) mass is 304 g/mol. The Kier molecular flexibility index (Phi) is 4.46. The van der Waals surface area contributed by atoms with E-state index in [4.69, 9.17) is 9.47 Å². The van der Waals surface area contributed by atoms with Gasteiger partial charge in [0.1, 0.15) is 10.7 Å². The van der Waals surface area contributed by atoms with E-state index >= 15 is 0 Å². The highest BCUT2D eigenvalue weighted by Gasteiger charge is 2.27. The topological polar surface area (TPSA) is 76.7 Å². The summed E-state index contributed by atoms with van der Waals surface area (Å²) in [5, 5.41) is 3.04. The van der Waals surface area contributed by atoms with Crippen LogP contribution in [-0.2, 0) is 10.0 Å². The smallest absolute Gasteiger partial charge is 0.243 e. The van der Waals surface area contributed by atoms with Crippen LogP contribution >= 0.6 is 0 Å². The lowest BCUT2D eigenvalue weighted by Gasteiger charge is -2.14. The van der Waals surface area contributed by atoms with Gasteiger partial charge in [0.2, 0.25) is 10.0 Å². The third-order valence-electron chi connectivity index (χ3n) is 3.11. The Morgan fingerprint density at radius 1 is 1.30 bits per heavy atom. The van der Waals surface area contributed by atoms with E-state index in [1.54, 1.807) is 0 Å². The van der Waals surface area contributed by atoms with E-state index in [1.807, 2.05) is 0 Å². The van der Waals surface area contributed by atoms with Gasteiger partial charge >= 0.3 is 0 Å². The number of hydrogen-bond donors (Lipinski definition) is 2. The van der Waals surface area contributed by atoms with Crippen LogP contribution in [0.1, 0.15) is 6.42 Å². The molecule has 2 N–H and O–H groups in total. The highest BCUT2D eigenvalue weighted by Crippen LogP contribution is 2.31. The largest absolute Gasteiger partial charge is 0.493 e. The van der Waals surface area contributed by atoms with Crippen molar-refractivity contribution in [2.24, 2.45) is 0 Å². The predicted octanol–water partition coefficient (Wildman–Crippen LogP) is 0.483. The van der Waals surface area contributed by atoms with Crippen LogP contribution in [0.3, 0.4) is 0 Å². The first-order valence-corrected chi connectivity index (χ1v) is 7.61. The van der Waals surface area contributed by atoms with Gasteiger partial charge in [0.25, 0.3) is 0 Å². The summed E-state index contributed by atoms with van der Waals surface area (Å²) in [4.78, 5) is -0.443. The lowest BCUT2D eigenvalue weighted by atomic mass is 10.3. The predicted molar refractivity (Wildman–Crippen MR) is 71.1 cm³/mol. The molecule has 0 spiro atoms. The second-order valence-corrected chi connectivity index (χ2v) is 6.13.